The Morgan fingerprint density at radius 2 is 2.27 bits per heavy atom. The minimum absolute atomic E-state index is 0.408. The first-order chi connectivity index (χ1) is 7.25. The number of benzene rings is 1. The van der Waals surface area contributed by atoms with Crippen molar-refractivity contribution >= 4 is 15.9 Å². The topological polar surface area (TPSA) is 32.3 Å². The molecular formula is C12H16BrNO. The highest BCUT2D eigenvalue weighted by molar-refractivity contribution is 9.10. The first kappa shape index (κ1) is 11.0. The first-order valence-electron chi connectivity index (χ1n) is 5.46. The molecule has 1 aromatic carbocycles. The van der Waals surface area contributed by atoms with Crippen LogP contribution >= 0.6 is 15.9 Å². The molecule has 0 saturated carbocycles. The standard InChI is InChI=1S/C12H16BrNO/c13-10-4-5-12(15)9(7-10)8-11-3-1-2-6-14-11/h4-5,7,11,14-15H,1-3,6,8H2. The Labute approximate surface area is 98.8 Å². The van der Waals surface area contributed by atoms with Crippen molar-refractivity contribution in [2.24, 2.45) is 0 Å². The van der Waals surface area contributed by atoms with Gasteiger partial charge in [0.2, 0.25) is 0 Å². The Bertz CT molecular complexity index is 334. The summed E-state index contributed by atoms with van der Waals surface area (Å²) < 4.78 is 1.03. The average molecular weight is 270 g/mol. The third kappa shape index (κ3) is 2.95. The molecular weight excluding hydrogens is 254 g/mol. The third-order valence-electron chi connectivity index (χ3n) is 2.92. The molecule has 2 N–H and O–H groups in total. The Kier molecular flexibility index (Phi) is 3.65. The van der Waals surface area contributed by atoms with Gasteiger partial charge in [0.15, 0.2) is 0 Å². The summed E-state index contributed by atoms with van der Waals surface area (Å²) in [5, 5.41) is 13.2. The zero-order valence-electron chi connectivity index (χ0n) is 8.67. The number of phenols is 1. The van der Waals surface area contributed by atoms with Gasteiger partial charge in [0, 0.05) is 10.5 Å². The third-order valence-corrected chi connectivity index (χ3v) is 3.41. The number of hydrogen-bond acceptors (Lipinski definition) is 2. The van der Waals surface area contributed by atoms with Crippen LogP contribution in [0.2, 0.25) is 0 Å². The van der Waals surface area contributed by atoms with Crippen LogP contribution < -0.4 is 5.32 Å². The number of hydrogen-bond donors (Lipinski definition) is 2. The summed E-state index contributed by atoms with van der Waals surface area (Å²) in [5.74, 6) is 0.408. The fraction of sp³-hybridized carbons (Fsp3) is 0.500. The van der Waals surface area contributed by atoms with E-state index in [-0.39, 0.29) is 0 Å². The molecule has 1 fully saturated rings. The van der Waals surface area contributed by atoms with Crippen LogP contribution in [0.4, 0.5) is 0 Å². The highest BCUT2D eigenvalue weighted by Gasteiger charge is 2.14. The number of phenolic OH excluding ortho intramolecular Hbond substituents is 1. The summed E-state index contributed by atoms with van der Waals surface area (Å²) in [6, 6.07) is 6.15. The van der Waals surface area contributed by atoms with Gasteiger partial charge in [-0.15, -0.1) is 0 Å². The van der Waals surface area contributed by atoms with Crippen LogP contribution in [0.1, 0.15) is 24.8 Å². The molecule has 1 aliphatic rings. The molecule has 0 spiro atoms. The summed E-state index contributed by atoms with van der Waals surface area (Å²) in [7, 11) is 0. The average Bonchev–Trinajstić information content (AvgIpc) is 2.25. The summed E-state index contributed by atoms with van der Waals surface area (Å²) in [6.45, 7) is 1.11. The van der Waals surface area contributed by atoms with Crippen molar-refractivity contribution in [1.29, 1.82) is 0 Å². The van der Waals surface area contributed by atoms with Gasteiger partial charge in [-0.3, -0.25) is 0 Å². The Morgan fingerprint density at radius 3 is 3.00 bits per heavy atom. The van der Waals surface area contributed by atoms with E-state index < -0.39 is 0 Å². The molecule has 3 heteroatoms. The lowest BCUT2D eigenvalue weighted by atomic mass is 9.97. The fourth-order valence-electron chi connectivity index (χ4n) is 2.08. The van der Waals surface area contributed by atoms with E-state index in [4.69, 9.17) is 0 Å². The van der Waals surface area contributed by atoms with Crippen molar-refractivity contribution in [3.63, 3.8) is 0 Å². The van der Waals surface area contributed by atoms with E-state index >= 15 is 0 Å². The van der Waals surface area contributed by atoms with Crippen molar-refractivity contribution in [3.8, 4) is 5.75 Å². The molecule has 1 unspecified atom stereocenters. The Morgan fingerprint density at radius 1 is 1.40 bits per heavy atom. The van der Waals surface area contributed by atoms with Gasteiger partial charge in [0.05, 0.1) is 0 Å². The second kappa shape index (κ2) is 4.99. The van der Waals surface area contributed by atoms with E-state index in [9.17, 15) is 5.11 Å². The zero-order valence-corrected chi connectivity index (χ0v) is 10.3. The maximum absolute atomic E-state index is 9.72. The van der Waals surface area contributed by atoms with Crippen LogP contribution in [0, 0.1) is 0 Å². The minimum Gasteiger partial charge on any atom is -0.508 e. The first-order valence-corrected chi connectivity index (χ1v) is 6.26. The molecule has 82 valence electrons. The van der Waals surface area contributed by atoms with Gasteiger partial charge in [-0.2, -0.15) is 0 Å². The lowest BCUT2D eigenvalue weighted by Crippen LogP contribution is -2.35. The molecule has 2 rings (SSSR count). The second-order valence-corrected chi connectivity index (χ2v) is 5.04. The van der Waals surface area contributed by atoms with Crippen molar-refractivity contribution in [1.82, 2.24) is 5.32 Å². The Balaban J connectivity index is 2.05. The lowest BCUT2D eigenvalue weighted by molar-refractivity contribution is 0.391. The molecule has 1 heterocycles. The summed E-state index contributed by atoms with van der Waals surface area (Å²) in [6.07, 6.45) is 4.71. The fourth-order valence-corrected chi connectivity index (χ4v) is 2.49. The van der Waals surface area contributed by atoms with Crippen LogP contribution in [0.25, 0.3) is 0 Å². The molecule has 0 radical (unpaired) electrons. The lowest BCUT2D eigenvalue weighted by Gasteiger charge is -2.23. The van der Waals surface area contributed by atoms with Crippen LogP contribution in [0.5, 0.6) is 5.75 Å². The van der Waals surface area contributed by atoms with Crippen molar-refractivity contribution in [2.75, 3.05) is 6.54 Å². The maximum Gasteiger partial charge on any atom is 0.118 e. The van der Waals surface area contributed by atoms with Gasteiger partial charge in [0.1, 0.15) is 5.75 Å². The van der Waals surface area contributed by atoms with E-state index in [1.54, 1.807) is 6.07 Å². The Hall–Kier alpha value is -0.540. The van der Waals surface area contributed by atoms with Crippen LogP contribution in [-0.4, -0.2) is 17.7 Å². The quantitative estimate of drug-likeness (QED) is 0.866. The van der Waals surface area contributed by atoms with Crippen molar-refractivity contribution < 1.29 is 5.11 Å². The van der Waals surface area contributed by atoms with Crippen LogP contribution in [0.15, 0.2) is 22.7 Å². The van der Waals surface area contributed by atoms with E-state index in [0.717, 1.165) is 23.0 Å². The second-order valence-electron chi connectivity index (χ2n) is 4.12. The molecule has 1 atom stereocenters. The zero-order chi connectivity index (χ0) is 10.7. The van der Waals surface area contributed by atoms with Crippen LogP contribution in [-0.2, 0) is 6.42 Å². The number of aromatic hydroxyl groups is 1. The predicted molar refractivity (Wildman–Crippen MR) is 65.2 cm³/mol. The molecule has 0 amide bonds. The van der Waals surface area contributed by atoms with E-state index in [1.165, 1.54) is 19.3 Å². The smallest absolute Gasteiger partial charge is 0.118 e. The summed E-state index contributed by atoms with van der Waals surface area (Å²) >= 11 is 3.43. The highest BCUT2D eigenvalue weighted by Crippen LogP contribution is 2.24. The molecule has 15 heavy (non-hydrogen) atoms. The van der Waals surface area contributed by atoms with Gasteiger partial charge in [-0.25, -0.2) is 0 Å². The normalized spacial score (nSPS) is 21.5. The van der Waals surface area contributed by atoms with Crippen LogP contribution in [0.3, 0.4) is 0 Å². The number of rotatable bonds is 2. The van der Waals surface area contributed by atoms with Gasteiger partial charge in [0.25, 0.3) is 0 Å². The summed E-state index contributed by atoms with van der Waals surface area (Å²) in [5.41, 5.74) is 1.03. The maximum atomic E-state index is 9.72. The van der Waals surface area contributed by atoms with Gasteiger partial charge < -0.3 is 10.4 Å². The highest BCUT2D eigenvalue weighted by atomic mass is 79.9. The molecule has 0 bridgehead atoms. The van der Waals surface area contributed by atoms with Gasteiger partial charge >= 0.3 is 0 Å². The van der Waals surface area contributed by atoms with Gasteiger partial charge in [-0.1, -0.05) is 22.4 Å². The molecule has 0 aliphatic carbocycles. The molecule has 1 aromatic rings. The predicted octanol–water partition coefficient (Wildman–Crippen LogP) is 2.84. The molecule has 2 nitrogen and oxygen atoms in total. The van der Waals surface area contributed by atoms with E-state index in [0.29, 0.717) is 11.8 Å². The van der Waals surface area contributed by atoms with Gasteiger partial charge in [-0.05, 0) is 49.6 Å². The van der Waals surface area contributed by atoms with E-state index in [1.807, 2.05) is 12.1 Å². The van der Waals surface area contributed by atoms with E-state index in [2.05, 4.69) is 21.2 Å². The molecule has 1 aliphatic heterocycles. The number of piperidine rings is 1. The SMILES string of the molecule is Oc1ccc(Br)cc1CC1CCCCN1. The number of nitrogens with one attached hydrogen (secondary N) is 1. The molecule has 0 aromatic heterocycles. The number of halogens is 1. The summed E-state index contributed by atoms with van der Waals surface area (Å²) in [4.78, 5) is 0. The molecule has 1 saturated heterocycles. The monoisotopic (exact) mass is 269 g/mol. The minimum atomic E-state index is 0.408. The van der Waals surface area contributed by atoms with Crippen molar-refractivity contribution in [3.05, 3.63) is 28.2 Å². The van der Waals surface area contributed by atoms with Crippen molar-refractivity contribution in [2.45, 2.75) is 31.7 Å². The largest absolute Gasteiger partial charge is 0.508 e.